The van der Waals surface area contributed by atoms with E-state index in [2.05, 4.69) is 80.2 Å². The minimum Gasteiger partial charge on any atom is -0.384 e. The molecule has 0 radical (unpaired) electrons. The Morgan fingerprint density at radius 3 is 0.806 bits per heavy atom. The fourth-order valence-corrected chi connectivity index (χ4v) is 11.2. The van der Waals surface area contributed by atoms with Crippen LogP contribution in [0.1, 0.15) is 387 Å². The molecule has 72 heavy (non-hydrogen) atoms. The van der Waals surface area contributed by atoms with E-state index in [1.165, 1.54) is 372 Å². The van der Waals surface area contributed by atoms with Crippen molar-refractivity contribution in [3.05, 3.63) is 60.3 Å². The largest absolute Gasteiger partial charge is 0.384 e. The molecule has 2 heteroatoms. The highest BCUT2D eigenvalue weighted by atomic mass is 15.0. The Morgan fingerprint density at radius 1 is 0.292 bits per heavy atom. The highest BCUT2D eigenvalue weighted by Gasteiger charge is 2.19. The van der Waals surface area contributed by atoms with Crippen molar-refractivity contribution in [2.75, 3.05) is 0 Å². The van der Waals surface area contributed by atoms with Gasteiger partial charge in [0, 0.05) is 5.70 Å². The molecule has 0 aromatic heterocycles. The predicted molar refractivity (Wildman–Crippen MR) is 332 cm³/mol. The van der Waals surface area contributed by atoms with E-state index in [-0.39, 0.29) is 0 Å². The van der Waals surface area contributed by atoms with E-state index >= 15 is 0 Å². The molecule has 1 nitrogen and oxygen atoms in total. The SMILES string of the molecule is CCCCCCCCCCCCCCCCCCCC/C=C/B1C=CC=C(/C=C/CCCCCCCCCCCCCCCCCCCC)N1/C=C/CCCCCCCCCCCCCCCCCCCC. The molecular formula is C70H132BN. The van der Waals surface area contributed by atoms with Crippen molar-refractivity contribution in [1.29, 1.82) is 0 Å². The van der Waals surface area contributed by atoms with Crippen LogP contribution in [0.25, 0.3) is 0 Å². The molecule has 0 aromatic carbocycles. The van der Waals surface area contributed by atoms with Gasteiger partial charge in [0.25, 0.3) is 0 Å². The molecule has 1 aliphatic heterocycles. The standard InChI is InChI=1S/C70H132BN/c1-4-7-10-13-16-19-22-25-28-31-34-37-40-43-46-49-52-55-58-61-65-70-66-64-68-71(67-62-59-56-53-50-47-44-41-38-35-32-29-26-23-20-17-14-11-8-5-2)72(70)69-63-60-57-54-51-48-45-42-39-36-33-30-27-24-21-18-15-12-9-6-3/h61-69H,4-60H2,1-3H3/b65-61+,67-62+,69-63+. The van der Waals surface area contributed by atoms with Crippen LogP contribution in [-0.4, -0.2) is 11.7 Å². The zero-order valence-corrected chi connectivity index (χ0v) is 50.0. The number of hydrogen-bond donors (Lipinski definition) is 0. The first-order valence-corrected chi connectivity index (χ1v) is 34.0. The van der Waals surface area contributed by atoms with Crippen LogP contribution in [0.2, 0.25) is 0 Å². The van der Waals surface area contributed by atoms with Gasteiger partial charge in [0.1, 0.15) is 0 Å². The molecule has 0 atom stereocenters. The smallest absolute Gasteiger partial charge is 0.312 e. The summed E-state index contributed by atoms with van der Waals surface area (Å²) in [6.45, 7) is 7.27. The lowest BCUT2D eigenvalue weighted by Gasteiger charge is -2.28. The van der Waals surface area contributed by atoms with E-state index in [0.717, 1.165) is 0 Å². The first kappa shape index (κ1) is 68.6. The number of nitrogens with zero attached hydrogens (tertiary/aromatic N) is 1. The van der Waals surface area contributed by atoms with Gasteiger partial charge in [0.15, 0.2) is 0 Å². The van der Waals surface area contributed by atoms with Gasteiger partial charge in [0.05, 0.1) is 0 Å². The third kappa shape index (κ3) is 50.7. The quantitative estimate of drug-likeness (QED) is 0.0434. The summed E-state index contributed by atoms with van der Waals surface area (Å²) in [5.41, 5.74) is 1.36. The van der Waals surface area contributed by atoms with Crippen LogP contribution >= 0.6 is 0 Å². The van der Waals surface area contributed by atoms with Crippen molar-refractivity contribution in [2.45, 2.75) is 387 Å². The zero-order valence-electron chi connectivity index (χ0n) is 50.0. The summed E-state index contributed by atoms with van der Waals surface area (Å²) >= 11 is 0. The first-order chi connectivity index (χ1) is 35.8. The lowest BCUT2D eigenvalue weighted by molar-refractivity contribution is 0.525. The molecule has 420 valence electrons. The van der Waals surface area contributed by atoms with Gasteiger partial charge in [0.2, 0.25) is 0 Å². The van der Waals surface area contributed by atoms with Crippen LogP contribution < -0.4 is 0 Å². The van der Waals surface area contributed by atoms with Crippen LogP contribution in [-0.2, 0) is 0 Å². The first-order valence-electron chi connectivity index (χ1n) is 34.0. The lowest BCUT2D eigenvalue weighted by Crippen LogP contribution is -2.33. The minimum atomic E-state index is 0.326. The van der Waals surface area contributed by atoms with Crippen LogP contribution in [0.5, 0.6) is 0 Å². The molecule has 1 heterocycles. The van der Waals surface area contributed by atoms with Crippen molar-refractivity contribution in [3.8, 4) is 0 Å². The highest BCUT2D eigenvalue weighted by Crippen LogP contribution is 2.22. The van der Waals surface area contributed by atoms with Crippen LogP contribution in [0.4, 0.5) is 0 Å². The summed E-state index contributed by atoms with van der Waals surface area (Å²) in [5, 5.41) is 0. The molecule has 0 bridgehead atoms. The van der Waals surface area contributed by atoms with E-state index in [9.17, 15) is 0 Å². The maximum Gasteiger partial charge on any atom is 0.312 e. The molecule has 0 saturated heterocycles. The van der Waals surface area contributed by atoms with E-state index in [1.807, 2.05) is 0 Å². The predicted octanol–water partition coefficient (Wildman–Crippen LogP) is 25.7. The number of rotatable bonds is 60. The Hall–Kier alpha value is -1.44. The van der Waals surface area contributed by atoms with Crippen molar-refractivity contribution in [3.63, 3.8) is 0 Å². The van der Waals surface area contributed by atoms with Crippen LogP contribution in [0, 0.1) is 0 Å². The van der Waals surface area contributed by atoms with Gasteiger partial charge in [-0.2, -0.15) is 0 Å². The van der Waals surface area contributed by atoms with Gasteiger partial charge in [-0.15, -0.1) is 0 Å². The van der Waals surface area contributed by atoms with Gasteiger partial charge in [-0.25, -0.2) is 0 Å². The molecule has 0 saturated carbocycles. The molecule has 0 amide bonds. The number of allylic oxidation sites excluding steroid dienone is 6. The third-order valence-electron chi connectivity index (χ3n) is 16.3. The second-order valence-corrected chi connectivity index (χ2v) is 23.5. The second-order valence-electron chi connectivity index (χ2n) is 23.5. The topological polar surface area (TPSA) is 3.24 Å². The summed E-state index contributed by atoms with van der Waals surface area (Å²) in [7, 11) is 0. The Balaban J connectivity index is 2.31. The Morgan fingerprint density at radius 2 is 0.528 bits per heavy atom. The normalized spacial score (nSPS) is 13.1. The molecule has 0 unspecified atom stereocenters. The van der Waals surface area contributed by atoms with Crippen molar-refractivity contribution in [2.24, 2.45) is 0 Å². The van der Waals surface area contributed by atoms with Crippen molar-refractivity contribution in [1.82, 2.24) is 4.81 Å². The molecule has 0 N–H and O–H groups in total. The lowest BCUT2D eigenvalue weighted by atomic mass is 9.58. The van der Waals surface area contributed by atoms with E-state index in [4.69, 9.17) is 0 Å². The fourth-order valence-electron chi connectivity index (χ4n) is 11.2. The van der Waals surface area contributed by atoms with Gasteiger partial charge in [-0.05, 0) is 56.9 Å². The van der Waals surface area contributed by atoms with E-state index in [0.29, 0.717) is 6.85 Å². The second kappa shape index (κ2) is 60.4. The molecule has 0 aliphatic carbocycles. The van der Waals surface area contributed by atoms with Gasteiger partial charge in [-0.3, -0.25) is 0 Å². The maximum absolute atomic E-state index is 2.55. The van der Waals surface area contributed by atoms with Crippen molar-refractivity contribution < 1.29 is 0 Å². The number of unbranched alkanes of at least 4 members (excludes halogenated alkanes) is 54. The summed E-state index contributed by atoms with van der Waals surface area (Å²) in [6.07, 6.45) is 98.4. The van der Waals surface area contributed by atoms with Gasteiger partial charge >= 0.3 is 6.85 Å². The summed E-state index contributed by atoms with van der Waals surface area (Å²) in [5.74, 6) is 4.89. The molecule has 0 spiro atoms. The van der Waals surface area contributed by atoms with Gasteiger partial charge in [-0.1, -0.05) is 384 Å². The molecule has 0 fully saturated rings. The minimum absolute atomic E-state index is 0.326. The van der Waals surface area contributed by atoms with E-state index < -0.39 is 0 Å². The zero-order chi connectivity index (χ0) is 51.4. The summed E-state index contributed by atoms with van der Waals surface area (Å²) in [4.78, 5) is 2.55. The average Bonchev–Trinajstić information content (AvgIpc) is 3.39. The Bertz CT molecular complexity index is 1180. The van der Waals surface area contributed by atoms with Crippen LogP contribution in [0.3, 0.4) is 0 Å². The number of hydrogen-bond acceptors (Lipinski definition) is 1. The summed E-state index contributed by atoms with van der Waals surface area (Å²) in [6, 6.07) is 0. The maximum atomic E-state index is 2.55. The fraction of sp³-hybridized carbons (Fsp3) is 0.857. The molecular weight excluding hydrogens is 866 g/mol. The Kier molecular flexibility index (Phi) is 57.6. The molecule has 1 rings (SSSR count). The van der Waals surface area contributed by atoms with Crippen LogP contribution in [0.15, 0.2) is 60.3 Å². The molecule has 0 aromatic rings. The average molecular weight is 999 g/mol. The van der Waals surface area contributed by atoms with E-state index in [1.54, 1.807) is 0 Å². The van der Waals surface area contributed by atoms with Gasteiger partial charge < -0.3 is 4.81 Å². The third-order valence-corrected chi connectivity index (χ3v) is 16.3. The Labute approximate surface area is 456 Å². The monoisotopic (exact) mass is 998 g/mol. The highest BCUT2D eigenvalue weighted by molar-refractivity contribution is 6.67. The summed E-state index contributed by atoms with van der Waals surface area (Å²) < 4.78 is 0. The van der Waals surface area contributed by atoms with Crippen molar-refractivity contribution >= 4 is 6.85 Å². The molecule has 1 aliphatic rings.